The normalized spacial score (nSPS) is 13.5. The lowest BCUT2D eigenvalue weighted by molar-refractivity contribution is -0.125. The molecule has 0 saturated heterocycles. The zero-order chi connectivity index (χ0) is 26.4. The number of aromatic nitrogens is 1. The molecule has 2 aromatic carbocycles. The van der Waals surface area contributed by atoms with Gasteiger partial charge in [0.1, 0.15) is 6.61 Å². The Balaban J connectivity index is 1.65. The minimum absolute atomic E-state index is 0.0729. The molecule has 0 aliphatic heterocycles. The second-order valence-electron chi connectivity index (χ2n) is 8.31. The van der Waals surface area contributed by atoms with E-state index in [1.807, 2.05) is 37.3 Å². The molecule has 3 aromatic rings. The summed E-state index contributed by atoms with van der Waals surface area (Å²) in [5.74, 6) is -8.45. The number of benzene rings is 2. The van der Waals surface area contributed by atoms with Gasteiger partial charge < -0.3 is 20.7 Å². The molecule has 2 unspecified atom stereocenters. The predicted octanol–water partition coefficient (Wildman–Crippen LogP) is 4.43. The maximum Gasteiger partial charge on any atom is 0.203 e. The highest BCUT2D eigenvalue weighted by atomic mass is 19.2. The Morgan fingerprint density at radius 3 is 2.50 bits per heavy atom. The van der Waals surface area contributed by atoms with E-state index in [4.69, 9.17) is 10.5 Å². The van der Waals surface area contributed by atoms with E-state index in [0.717, 1.165) is 16.5 Å². The zero-order valence-corrected chi connectivity index (χ0v) is 20.2. The number of ether oxygens (including phenoxy) is 1. The molecule has 192 valence electrons. The molecule has 3 rings (SSSR count). The Morgan fingerprint density at radius 2 is 1.86 bits per heavy atom. The molecule has 0 spiro atoms. The van der Waals surface area contributed by atoms with Crippen molar-refractivity contribution in [3.8, 4) is 5.75 Å². The van der Waals surface area contributed by atoms with Gasteiger partial charge in [-0.3, -0.25) is 9.78 Å². The van der Waals surface area contributed by atoms with Crippen LogP contribution in [-0.2, 0) is 11.3 Å². The number of carbonyl (C=O) groups excluding carboxylic acids is 1. The first-order chi connectivity index (χ1) is 17.2. The third kappa shape index (κ3) is 5.93. The summed E-state index contributed by atoms with van der Waals surface area (Å²) in [5, 5.41) is 4.38. The fraction of sp³-hybridized carbons (Fsp3) is 0.308. The van der Waals surface area contributed by atoms with Gasteiger partial charge in [0.25, 0.3) is 0 Å². The van der Waals surface area contributed by atoms with Gasteiger partial charge in [-0.25, -0.2) is 8.78 Å². The van der Waals surface area contributed by atoms with Gasteiger partial charge in [-0.05, 0) is 37.1 Å². The lowest BCUT2D eigenvalue weighted by atomic mass is 10.1. The highest BCUT2D eigenvalue weighted by Gasteiger charge is 2.27. The lowest BCUT2D eigenvalue weighted by Crippen LogP contribution is -2.45. The van der Waals surface area contributed by atoms with Crippen LogP contribution in [0, 0.1) is 23.3 Å². The van der Waals surface area contributed by atoms with Crippen molar-refractivity contribution < 1.29 is 27.1 Å². The molecular weight excluding hydrogens is 476 g/mol. The van der Waals surface area contributed by atoms with E-state index < -0.39 is 47.5 Å². The summed E-state index contributed by atoms with van der Waals surface area (Å²) in [6.45, 7) is 3.36. The van der Waals surface area contributed by atoms with Crippen molar-refractivity contribution >= 4 is 16.7 Å². The molecule has 0 amide bonds. The number of rotatable bonds is 11. The molecular formula is C26H28F4N4O2. The van der Waals surface area contributed by atoms with E-state index in [1.54, 1.807) is 25.1 Å². The summed E-state index contributed by atoms with van der Waals surface area (Å²) in [6, 6.07) is 8.82. The Bertz CT molecular complexity index is 1240. The van der Waals surface area contributed by atoms with Gasteiger partial charge in [0.15, 0.2) is 23.2 Å². The van der Waals surface area contributed by atoms with Gasteiger partial charge in [-0.15, -0.1) is 0 Å². The van der Waals surface area contributed by atoms with E-state index in [9.17, 15) is 22.4 Å². The minimum Gasteiger partial charge on any atom is -0.479 e. The smallest absolute Gasteiger partial charge is 0.203 e. The average Bonchev–Trinajstić information content (AvgIpc) is 2.87. The Hall–Kier alpha value is -3.66. The quantitative estimate of drug-likeness (QED) is 0.297. The highest BCUT2D eigenvalue weighted by molar-refractivity contribution is 5.85. The van der Waals surface area contributed by atoms with Crippen LogP contribution < -0.4 is 15.8 Å². The number of halogens is 4. The monoisotopic (exact) mass is 504 g/mol. The molecule has 0 aliphatic rings. The van der Waals surface area contributed by atoms with E-state index in [-0.39, 0.29) is 12.1 Å². The van der Waals surface area contributed by atoms with Gasteiger partial charge in [0.05, 0.1) is 11.6 Å². The lowest BCUT2D eigenvalue weighted by Gasteiger charge is -2.33. The highest BCUT2D eigenvalue weighted by Crippen LogP contribution is 2.27. The van der Waals surface area contributed by atoms with Crippen LogP contribution in [0.1, 0.15) is 25.8 Å². The third-order valence-electron chi connectivity index (χ3n) is 5.96. The molecule has 1 heterocycles. The summed E-state index contributed by atoms with van der Waals surface area (Å²) in [5.41, 5.74) is 8.40. The van der Waals surface area contributed by atoms with Gasteiger partial charge in [-0.2, -0.15) is 8.78 Å². The summed E-state index contributed by atoms with van der Waals surface area (Å²) in [6.07, 6.45) is 3.43. The number of carbonyl (C=O) groups is 1. The number of Topliss-reactive ketones (excluding diaryl/α,β-unsaturated/α-hetero) is 1. The van der Waals surface area contributed by atoms with Crippen LogP contribution in [0.3, 0.4) is 0 Å². The molecule has 6 nitrogen and oxygen atoms in total. The van der Waals surface area contributed by atoms with Crippen molar-refractivity contribution in [2.75, 3.05) is 13.7 Å². The second kappa shape index (κ2) is 11.9. The molecule has 2 atom stereocenters. The zero-order valence-electron chi connectivity index (χ0n) is 20.2. The van der Waals surface area contributed by atoms with Crippen molar-refractivity contribution in [3.05, 3.63) is 83.3 Å². The maximum absolute atomic E-state index is 13.9. The fourth-order valence-electron chi connectivity index (χ4n) is 3.99. The first-order valence-electron chi connectivity index (χ1n) is 11.4. The fourth-order valence-corrected chi connectivity index (χ4v) is 3.99. The summed E-state index contributed by atoms with van der Waals surface area (Å²) in [7, 11) is 1.66. The molecule has 10 heteroatoms. The molecule has 0 fully saturated rings. The summed E-state index contributed by atoms with van der Waals surface area (Å²) >= 11 is 0. The number of nitrogens with zero attached hydrogens (tertiary/aromatic N) is 2. The van der Waals surface area contributed by atoms with Crippen LogP contribution in [0.5, 0.6) is 5.75 Å². The van der Waals surface area contributed by atoms with Crippen molar-refractivity contribution in [2.45, 2.75) is 38.9 Å². The Labute approximate surface area is 206 Å². The number of fused-ring (bicyclic) bond motifs is 1. The number of nitrogens with two attached hydrogens (primary N) is 1. The predicted molar refractivity (Wildman–Crippen MR) is 129 cm³/mol. The van der Waals surface area contributed by atoms with Gasteiger partial charge in [0.2, 0.25) is 11.6 Å². The van der Waals surface area contributed by atoms with Crippen LogP contribution in [0.2, 0.25) is 0 Å². The van der Waals surface area contributed by atoms with Crippen LogP contribution in [-0.4, -0.2) is 41.4 Å². The number of pyridine rings is 1. The van der Waals surface area contributed by atoms with Crippen molar-refractivity contribution in [1.82, 2.24) is 15.2 Å². The SMILES string of the molecule is CCC(C(=O)COc1c(F)c(F)cc(F)c1F)N(C)/C(=C\N)C(C)NCc1ccc2ncccc2c1. The largest absolute Gasteiger partial charge is 0.479 e. The molecule has 0 radical (unpaired) electrons. The van der Waals surface area contributed by atoms with Gasteiger partial charge in [-0.1, -0.05) is 19.1 Å². The first kappa shape index (κ1) is 26.9. The number of ketones is 1. The second-order valence-corrected chi connectivity index (χ2v) is 8.31. The number of hydrogen-bond acceptors (Lipinski definition) is 6. The van der Waals surface area contributed by atoms with E-state index >= 15 is 0 Å². The summed E-state index contributed by atoms with van der Waals surface area (Å²) in [4.78, 5) is 18.8. The molecule has 1 aromatic heterocycles. The van der Waals surface area contributed by atoms with Crippen molar-refractivity contribution in [2.24, 2.45) is 5.73 Å². The van der Waals surface area contributed by atoms with Crippen molar-refractivity contribution in [1.29, 1.82) is 0 Å². The number of likely N-dealkylation sites (N-methyl/N-ethyl adjacent to an activating group) is 1. The molecule has 3 N–H and O–H groups in total. The van der Waals surface area contributed by atoms with Crippen LogP contribution in [0.4, 0.5) is 17.6 Å². The van der Waals surface area contributed by atoms with Gasteiger partial charge >= 0.3 is 0 Å². The van der Waals surface area contributed by atoms with Crippen LogP contribution in [0.15, 0.2) is 54.5 Å². The molecule has 36 heavy (non-hydrogen) atoms. The Morgan fingerprint density at radius 1 is 1.17 bits per heavy atom. The molecule has 0 saturated carbocycles. The first-order valence-corrected chi connectivity index (χ1v) is 11.4. The molecule has 0 aliphatic carbocycles. The maximum atomic E-state index is 13.9. The molecule has 0 bridgehead atoms. The minimum atomic E-state index is -1.70. The summed E-state index contributed by atoms with van der Waals surface area (Å²) < 4.78 is 59.4. The van der Waals surface area contributed by atoms with Crippen LogP contribution >= 0.6 is 0 Å². The van der Waals surface area contributed by atoms with Crippen LogP contribution in [0.25, 0.3) is 10.9 Å². The Kier molecular flexibility index (Phi) is 8.87. The number of hydrogen-bond donors (Lipinski definition) is 2. The topological polar surface area (TPSA) is 80.5 Å². The number of nitrogens with one attached hydrogen (secondary N) is 1. The third-order valence-corrected chi connectivity index (χ3v) is 5.96. The van der Waals surface area contributed by atoms with Gasteiger partial charge in [0, 0.05) is 49.2 Å². The standard InChI is InChI=1S/C26H28F4N4O2/c1-4-21(23(35)14-36-26-24(29)18(27)11-19(28)25(26)30)34(3)22(12-31)15(2)33-13-16-7-8-20-17(10-16)6-5-9-32-20/h5-12,15,21,33H,4,13-14,31H2,1-3H3/b22-12-. The van der Waals surface area contributed by atoms with Crippen molar-refractivity contribution in [3.63, 3.8) is 0 Å². The van der Waals surface area contributed by atoms with E-state index in [0.29, 0.717) is 18.7 Å². The van der Waals surface area contributed by atoms with E-state index in [2.05, 4.69) is 10.3 Å². The average molecular weight is 505 g/mol. The van der Waals surface area contributed by atoms with E-state index in [1.165, 1.54) is 6.20 Å².